The van der Waals surface area contributed by atoms with E-state index in [-0.39, 0.29) is 25.7 Å². The lowest BCUT2D eigenvalue weighted by Crippen LogP contribution is -2.30. The number of unbranched alkanes of at least 4 members (excludes halogenated alkanes) is 43. The molecule has 17 nitrogen and oxygen atoms in total. The number of aliphatic hydroxyl groups excluding tert-OH is 1. The molecule has 0 heterocycles. The smallest absolute Gasteiger partial charge is 0.462 e. The number of carbonyl (C=O) groups is 4. The second-order valence-corrected chi connectivity index (χ2v) is 33.3. The van der Waals surface area contributed by atoms with E-state index in [1.165, 1.54) is 193 Å². The van der Waals surface area contributed by atoms with Crippen LogP contribution in [-0.2, 0) is 65.4 Å². The number of allylic oxidation sites excluding steroid dienone is 4. The predicted molar refractivity (Wildman–Crippen MR) is 418 cm³/mol. The van der Waals surface area contributed by atoms with Crippen LogP contribution in [0.2, 0.25) is 0 Å². The van der Waals surface area contributed by atoms with Crippen molar-refractivity contribution < 1.29 is 80.2 Å². The molecule has 0 rings (SSSR count). The van der Waals surface area contributed by atoms with Gasteiger partial charge in [0, 0.05) is 25.7 Å². The van der Waals surface area contributed by atoms with Gasteiger partial charge in [-0.3, -0.25) is 37.3 Å². The molecule has 0 bridgehead atoms. The Balaban J connectivity index is 5.26. The standard InChI is InChI=1S/C83H158O17P2/c1-8-10-11-12-13-14-15-16-21-27-32-37-42-50-57-64-80(85)93-70-78(99-82(87)66-59-52-43-38-33-28-23-20-18-17-19-22-25-30-35-40-47-54-61-74(3)4)72-97-101(89,90)95-68-77(84)69-96-102(91,92)98-73-79(71-94-81(86)65-58-51-46-45-49-56-63-76(7)9-2)100-83(88)67-60-53-44-39-34-29-24-26-31-36-41-48-55-62-75(5)6/h14-16,21,74-79,84H,8-13,17-20,22-73H2,1-7H3,(H,89,90)(H,91,92)/b15-14-,21-16-/t76?,77-,78-,79-/m1/s1. The van der Waals surface area contributed by atoms with Crippen molar-refractivity contribution in [1.82, 2.24) is 0 Å². The monoisotopic (exact) mass is 1490 g/mol. The number of phosphoric acid groups is 2. The molecule has 0 amide bonds. The van der Waals surface area contributed by atoms with Gasteiger partial charge in [-0.15, -0.1) is 0 Å². The predicted octanol–water partition coefficient (Wildman–Crippen LogP) is 24.5. The van der Waals surface area contributed by atoms with Gasteiger partial charge >= 0.3 is 39.5 Å². The second kappa shape index (κ2) is 72.7. The highest BCUT2D eigenvalue weighted by atomic mass is 31.2. The van der Waals surface area contributed by atoms with E-state index in [2.05, 4.69) is 72.8 Å². The minimum atomic E-state index is -4.97. The van der Waals surface area contributed by atoms with Crippen LogP contribution in [0.5, 0.6) is 0 Å². The first-order chi connectivity index (χ1) is 49.3. The van der Waals surface area contributed by atoms with Gasteiger partial charge in [-0.05, 0) is 69.1 Å². The Morgan fingerprint density at radius 1 is 0.324 bits per heavy atom. The lowest BCUT2D eigenvalue weighted by atomic mass is 10.00. The number of ether oxygens (including phenoxy) is 4. The maximum atomic E-state index is 13.1. The third-order valence-corrected chi connectivity index (χ3v) is 21.0. The lowest BCUT2D eigenvalue weighted by Gasteiger charge is -2.21. The molecule has 0 aromatic carbocycles. The van der Waals surface area contributed by atoms with Gasteiger partial charge in [0.25, 0.3) is 0 Å². The first-order valence-electron chi connectivity index (χ1n) is 42.2. The van der Waals surface area contributed by atoms with Gasteiger partial charge in [-0.25, -0.2) is 9.13 Å². The first kappa shape index (κ1) is 99.5. The van der Waals surface area contributed by atoms with E-state index in [9.17, 15) is 43.2 Å². The Hall–Kier alpha value is -2.46. The molecular formula is C83H158O17P2. The number of aliphatic hydroxyl groups is 1. The summed E-state index contributed by atoms with van der Waals surface area (Å²) in [6.07, 6.45) is 64.7. The third-order valence-electron chi connectivity index (χ3n) is 19.1. The van der Waals surface area contributed by atoms with Gasteiger partial charge in [-0.2, -0.15) is 0 Å². The van der Waals surface area contributed by atoms with Crippen LogP contribution in [-0.4, -0.2) is 96.7 Å². The molecule has 0 aliphatic carbocycles. The van der Waals surface area contributed by atoms with Crippen molar-refractivity contribution in [2.24, 2.45) is 17.8 Å². The van der Waals surface area contributed by atoms with Crippen molar-refractivity contribution in [2.75, 3.05) is 39.6 Å². The van der Waals surface area contributed by atoms with E-state index in [0.29, 0.717) is 25.7 Å². The normalized spacial score (nSPS) is 14.4. The zero-order valence-electron chi connectivity index (χ0n) is 66.6. The van der Waals surface area contributed by atoms with Gasteiger partial charge in [0.15, 0.2) is 12.2 Å². The molecule has 0 aliphatic heterocycles. The van der Waals surface area contributed by atoms with Crippen molar-refractivity contribution in [3.05, 3.63) is 24.3 Å². The molecule has 3 N–H and O–H groups in total. The number of phosphoric ester groups is 2. The summed E-state index contributed by atoms with van der Waals surface area (Å²) in [5, 5.41) is 10.6. The Labute approximate surface area is 624 Å². The fourth-order valence-electron chi connectivity index (χ4n) is 12.3. The average molecular weight is 1490 g/mol. The van der Waals surface area contributed by atoms with Gasteiger partial charge in [0.2, 0.25) is 0 Å². The minimum Gasteiger partial charge on any atom is -0.462 e. The highest BCUT2D eigenvalue weighted by Gasteiger charge is 2.30. The summed E-state index contributed by atoms with van der Waals surface area (Å²) < 4.78 is 68.7. The fraction of sp³-hybridized carbons (Fsp3) is 0.904. The molecule has 0 aromatic rings. The summed E-state index contributed by atoms with van der Waals surface area (Å²) in [7, 11) is -9.94. The first-order valence-corrected chi connectivity index (χ1v) is 45.2. The number of rotatable bonds is 79. The molecule has 3 unspecified atom stereocenters. The molecule has 0 fully saturated rings. The van der Waals surface area contributed by atoms with Crippen LogP contribution in [0.3, 0.4) is 0 Å². The second-order valence-electron chi connectivity index (χ2n) is 30.4. The van der Waals surface area contributed by atoms with Crippen molar-refractivity contribution in [2.45, 2.75) is 426 Å². The van der Waals surface area contributed by atoms with E-state index in [1.807, 2.05) is 0 Å². The van der Waals surface area contributed by atoms with E-state index in [0.717, 1.165) is 133 Å². The van der Waals surface area contributed by atoms with Crippen LogP contribution in [0.25, 0.3) is 0 Å². The SMILES string of the molecule is CCCCCC/C=C\C=C/CCCCCCCC(=O)OC[C@H](COP(=O)(O)OC[C@@H](O)COP(=O)(O)OC[C@@H](COC(=O)CCCCCCCCC(C)CC)OC(=O)CCCCCCCCCCCCCCCC(C)C)OC(=O)CCCCCCCCCCCCCCCCCCCCC(C)C. The Bertz CT molecular complexity index is 2070. The Morgan fingerprint density at radius 3 is 0.873 bits per heavy atom. The van der Waals surface area contributed by atoms with Crippen LogP contribution < -0.4 is 0 Å². The van der Waals surface area contributed by atoms with Crippen LogP contribution in [0.1, 0.15) is 408 Å². The molecule has 0 spiro atoms. The molecule has 0 radical (unpaired) electrons. The number of hydrogen-bond donors (Lipinski definition) is 3. The number of carbonyl (C=O) groups excluding carboxylic acids is 4. The Morgan fingerprint density at radius 2 is 0.578 bits per heavy atom. The molecule has 6 atom stereocenters. The van der Waals surface area contributed by atoms with Gasteiger partial charge in [-0.1, -0.05) is 355 Å². The maximum Gasteiger partial charge on any atom is 0.472 e. The van der Waals surface area contributed by atoms with E-state index < -0.39 is 97.5 Å². The summed E-state index contributed by atoms with van der Waals surface area (Å²) in [4.78, 5) is 73.1. The minimum absolute atomic E-state index is 0.101. The zero-order chi connectivity index (χ0) is 75.1. The van der Waals surface area contributed by atoms with E-state index >= 15 is 0 Å². The summed E-state index contributed by atoms with van der Waals surface area (Å²) in [5.41, 5.74) is 0. The van der Waals surface area contributed by atoms with Crippen LogP contribution in [0.15, 0.2) is 24.3 Å². The number of esters is 4. The van der Waals surface area contributed by atoms with Crippen LogP contribution in [0.4, 0.5) is 0 Å². The lowest BCUT2D eigenvalue weighted by molar-refractivity contribution is -0.161. The van der Waals surface area contributed by atoms with Gasteiger partial charge in [0.1, 0.15) is 19.3 Å². The summed E-state index contributed by atoms with van der Waals surface area (Å²) in [5.74, 6) is 0.193. The van der Waals surface area contributed by atoms with Crippen molar-refractivity contribution in [1.29, 1.82) is 0 Å². The summed E-state index contributed by atoms with van der Waals surface area (Å²) >= 11 is 0. The average Bonchev–Trinajstić information content (AvgIpc) is 0.918. The molecular weight excluding hydrogens is 1330 g/mol. The molecule has 102 heavy (non-hydrogen) atoms. The maximum absolute atomic E-state index is 13.1. The van der Waals surface area contributed by atoms with Crippen molar-refractivity contribution in [3.8, 4) is 0 Å². The fourth-order valence-corrected chi connectivity index (χ4v) is 13.8. The molecule has 0 saturated carbocycles. The zero-order valence-corrected chi connectivity index (χ0v) is 68.4. The Kier molecular flexibility index (Phi) is 71.0. The quantitative estimate of drug-likeness (QED) is 0.0169. The largest absolute Gasteiger partial charge is 0.472 e. The van der Waals surface area contributed by atoms with E-state index in [1.54, 1.807) is 0 Å². The molecule has 0 aromatic heterocycles. The summed E-state index contributed by atoms with van der Waals surface area (Å²) in [6.45, 7) is 11.9. The van der Waals surface area contributed by atoms with Crippen molar-refractivity contribution >= 4 is 39.5 Å². The van der Waals surface area contributed by atoms with E-state index in [4.69, 9.17) is 37.0 Å². The summed E-state index contributed by atoms with van der Waals surface area (Å²) in [6, 6.07) is 0. The number of hydrogen-bond acceptors (Lipinski definition) is 15. The topological polar surface area (TPSA) is 237 Å². The van der Waals surface area contributed by atoms with Crippen LogP contribution in [0, 0.1) is 17.8 Å². The molecule has 602 valence electrons. The molecule has 0 aliphatic rings. The molecule has 19 heteroatoms. The highest BCUT2D eigenvalue weighted by molar-refractivity contribution is 7.47. The van der Waals surface area contributed by atoms with Crippen LogP contribution >= 0.6 is 15.6 Å². The third kappa shape index (κ3) is 74.4. The van der Waals surface area contributed by atoms with Gasteiger partial charge < -0.3 is 33.8 Å². The van der Waals surface area contributed by atoms with Gasteiger partial charge in [0.05, 0.1) is 26.4 Å². The molecule has 0 saturated heterocycles. The van der Waals surface area contributed by atoms with Crippen molar-refractivity contribution in [3.63, 3.8) is 0 Å². The highest BCUT2D eigenvalue weighted by Crippen LogP contribution is 2.45.